The summed E-state index contributed by atoms with van der Waals surface area (Å²) in [6, 6.07) is 9.15. The van der Waals surface area contributed by atoms with Gasteiger partial charge in [0, 0.05) is 4.47 Å². The molecular weight excluding hydrogens is 348 g/mol. The normalized spacial score (nSPS) is 10.1. The lowest BCUT2D eigenvalue weighted by Crippen LogP contribution is -2.16. The summed E-state index contributed by atoms with van der Waals surface area (Å²) in [4.78, 5) is 27.0. The number of carboxylic acids is 1. The number of carbonyl (C=O) groups excluding carboxylic acids is 1. The number of carbonyl (C=O) groups is 2. The van der Waals surface area contributed by atoms with Gasteiger partial charge in [0.2, 0.25) is 0 Å². The van der Waals surface area contributed by atoms with E-state index < -0.39 is 11.9 Å². The molecule has 2 N–H and O–H groups in total. The molecule has 0 bridgehead atoms. The summed E-state index contributed by atoms with van der Waals surface area (Å²) in [5.41, 5.74) is 0.277. The SMILES string of the molecule is O=C(Nc1ccc(Br)cc1C(=O)O)c1cccc(Cl)n1. The zero-order valence-corrected chi connectivity index (χ0v) is 12.3. The number of halogens is 2. The van der Waals surface area contributed by atoms with Crippen LogP contribution in [-0.4, -0.2) is 22.0 Å². The molecule has 1 aromatic carbocycles. The second-order valence-electron chi connectivity index (χ2n) is 3.79. The van der Waals surface area contributed by atoms with Crippen molar-refractivity contribution < 1.29 is 14.7 Å². The van der Waals surface area contributed by atoms with Crippen LogP contribution < -0.4 is 5.32 Å². The van der Waals surface area contributed by atoms with E-state index in [4.69, 9.17) is 16.7 Å². The van der Waals surface area contributed by atoms with E-state index >= 15 is 0 Å². The third-order valence-electron chi connectivity index (χ3n) is 2.41. The lowest BCUT2D eigenvalue weighted by atomic mass is 10.1. The number of benzene rings is 1. The number of pyridine rings is 1. The van der Waals surface area contributed by atoms with Crippen LogP contribution in [0.25, 0.3) is 0 Å². The van der Waals surface area contributed by atoms with Gasteiger partial charge in [-0.05, 0) is 30.3 Å². The molecule has 0 saturated carbocycles. The first-order valence-corrected chi connectivity index (χ1v) is 6.61. The molecule has 0 aliphatic carbocycles. The second-order valence-corrected chi connectivity index (χ2v) is 5.10. The highest BCUT2D eigenvalue weighted by Crippen LogP contribution is 2.21. The average Bonchev–Trinajstić information content (AvgIpc) is 2.40. The lowest BCUT2D eigenvalue weighted by molar-refractivity contribution is 0.0698. The van der Waals surface area contributed by atoms with Gasteiger partial charge in [-0.1, -0.05) is 33.6 Å². The van der Waals surface area contributed by atoms with E-state index in [0.717, 1.165) is 0 Å². The Morgan fingerprint density at radius 1 is 1.25 bits per heavy atom. The molecule has 7 heteroatoms. The van der Waals surface area contributed by atoms with E-state index in [-0.39, 0.29) is 22.1 Å². The zero-order chi connectivity index (χ0) is 14.7. The van der Waals surface area contributed by atoms with Gasteiger partial charge in [-0.2, -0.15) is 0 Å². The third-order valence-corrected chi connectivity index (χ3v) is 3.11. The molecule has 20 heavy (non-hydrogen) atoms. The first-order valence-electron chi connectivity index (χ1n) is 5.44. The van der Waals surface area contributed by atoms with Crippen LogP contribution in [0, 0.1) is 0 Å². The Kier molecular flexibility index (Phi) is 4.36. The first-order chi connectivity index (χ1) is 9.47. The minimum Gasteiger partial charge on any atom is -0.478 e. The van der Waals surface area contributed by atoms with Crippen molar-refractivity contribution in [1.29, 1.82) is 0 Å². The fourth-order valence-corrected chi connectivity index (χ4v) is 2.05. The summed E-state index contributed by atoms with van der Waals surface area (Å²) in [6.45, 7) is 0. The molecule has 0 aliphatic heterocycles. The highest BCUT2D eigenvalue weighted by atomic mass is 79.9. The molecule has 2 aromatic rings. The molecule has 5 nitrogen and oxygen atoms in total. The Bertz CT molecular complexity index is 691. The van der Waals surface area contributed by atoms with Crippen LogP contribution in [0.5, 0.6) is 0 Å². The lowest BCUT2D eigenvalue weighted by Gasteiger charge is -2.08. The van der Waals surface area contributed by atoms with Crippen LogP contribution in [0.3, 0.4) is 0 Å². The molecule has 1 amide bonds. The Morgan fingerprint density at radius 3 is 2.65 bits per heavy atom. The van der Waals surface area contributed by atoms with Crippen molar-refractivity contribution in [2.75, 3.05) is 5.32 Å². The van der Waals surface area contributed by atoms with Gasteiger partial charge in [0.15, 0.2) is 0 Å². The maximum Gasteiger partial charge on any atom is 0.337 e. The molecule has 0 saturated heterocycles. The number of aromatic nitrogens is 1. The Morgan fingerprint density at radius 2 is 2.00 bits per heavy atom. The summed E-state index contributed by atoms with van der Waals surface area (Å²) in [5, 5.41) is 11.8. The van der Waals surface area contributed by atoms with Crippen molar-refractivity contribution >= 4 is 45.1 Å². The molecule has 0 fully saturated rings. The molecule has 2 rings (SSSR count). The molecule has 0 radical (unpaired) electrons. The van der Waals surface area contributed by atoms with Gasteiger partial charge in [0.05, 0.1) is 11.3 Å². The number of hydrogen-bond acceptors (Lipinski definition) is 3. The number of nitrogens with zero attached hydrogens (tertiary/aromatic N) is 1. The molecule has 0 unspecified atom stereocenters. The van der Waals surface area contributed by atoms with Crippen molar-refractivity contribution in [3.05, 3.63) is 57.3 Å². The van der Waals surface area contributed by atoms with Crippen molar-refractivity contribution in [1.82, 2.24) is 4.98 Å². The van der Waals surface area contributed by atoms with Gasteiger partial charge in [0.25, 0.3) is 5.91 Å². The largest absolute Gasteiger partial charge is 0.478 e. The van der Waals surface area contributed by atoms with Crippen molar-refractivity contribution in [2.45, 2.75) is 0 Å². The molecule has 0 aliphatic rings. The minimum atomic E-state index is -1.14. The summed E-state index contributed by atoms with van der Waals surface area (Å²) < 4.78 is 0.605. The van der Waals surface area contributed by atoms with Gasteiger partial charge in [0.1, 0.15) is 10.8 Å². The summed E-state index contributed by atoms with van der Waals surface area (Å²) in [5.74, 6) is -1.67. The number of hydrogen-bond donors (Lipinski definition) is 2. The average molecular weight is 356 g/mol. The van der Waals surface area contributed by atoms with Gasteiger partial charge in [-0.3, -0.25) is 4.79 Å². The Labute approximate surface area is 127 Å². The van der Waals surface area contributed by atoms with Crippen LogP contribution in [-0.2, 0) is 0 Å². The molecule has 1 heterocycles. The van der Waals surface area contributed by atoms with E-state index in [1.807, 2.05) is 0 Å². The fourth-order valence-electron chi connectivity index (χ4n) is 1.52. The number of aromatic carboxylic acids is 1. The predicted molar refractivity (Wildman–Crippen MR) is 78.3 cm³/mol. The number of amides is 1. The zero-order valence-electron chi connectivity index (χ0n) is 9.93. The number of nitrogens with one attached hydrogen (secondary N) is 1. The summed E-state index contributed by atoms with van der Waals surface area (Å²) in [6.07, 6.45) is 0. The molecular formula is C13H8BrClN2O3. The van der Waals surface area contributed by atoms with Crippen LogP contribution in [0.4, 0.5) is 5.69 Å². The highest BCUT2D eigenvalue weighted by molar-refractivity contribution is 9.10. The molecule has 1 aromatic heterocycles. The maximum absolute atomic E-state index is 12.0. The summed E-state index contributed by atoms with van der Waals surface area (Å²) in [7, 11) is 0. The number of anilines is 1. The molecule has 102 valence electrons. The molecule has 0 atom stereocenters. The fraction of sp³-hybridized carbons (Fsp3) is 0. The van der Waals surface area contributed by atoms with Crippen molar-refractivity contribution in [2.24, 2.45) is 0 Å². The highest BCUT2D eigenvalue weighted by Gasteiger charge is 2.15. The second kappa shape index (κ2) is 6.02. The third kappa shape index (κ3) is 3.34. The number of carboxylic acid groups (broad SMARTS) is 1. The quantitative estimate of drug-likeness (QED) is 0.827. The van der Waals surface area contributed by atoms with Crippen molar-refractivity contribution in [3.63, 3.8) is 0 Å². The van der Waals surface area contributed by atoms with Gasteiger partial charge in [-0.15, -0.1) is 0 Å². The van der Waals surface area contributed by atoms with Crippen LogP contribution in [0.2, 0.25) is 5.15 Å². The number of rotatable bonds is 3. The van der Waals surface area contributed by atoms with E-state index in [1.54, 1.807) is 18.2 Å². The van der Waals surface area contributed by atoms with Gasteiger partial charge < -0.3 is 10.4 Å². The summed E-state index contributed by atoms with van der Waals surface area (Å²) >= 11 is 8.88. The molecule has 0 spiro atoms. The monoisotopic (exact) mass is 354 g/mol. The van der Waals surface area contributed by atoms with Gasteiger partial charge in [-0.25, -0.2) is 9.78 Å². The predicted octanol–water partition coefficient (Wildman–Crippen LogP) is 3.45. The van der Waals surface area contributed by atoms with Crippen LogP contribution in [0.15, 0.2) is 40.9 Å². The van der Waals surface area contributed by atoms with E-state index in [9.17, 15) is 9.59 Å². The Hall–Kier alpha value is -1.92. The van der Waals surface area contributed by atoms with Crippen LogP contribution in [0.1, 0.15) is 20.8 Å². The standard InChI is InChI=1S/C13H8BrClN2O3/c14-7-4-5-9(8(6-7)13(19)20)17-12(18)10-2-1-3-11(15)16-10/h1-6H,(H,17,18)(H,19,20). The van der Waals surface area contributed by atoms with E-state index in [1.165, 1.54) is 18.2 Å². The van der Waals surface area contributed by atoms with Gasteiger partial charge >= 0.3 is 5.97 Å². The topological polar surface area (TPSA) is 79.3 Å². The van der Waals surface area contributed by atoms with Crippen LogP contribution >= 0.6 is 27.5 Å². The smallest absolute Gasteiger partial charge is 0.337 e. The maximum atomic E-state index is 12.0. The van der Waals surface area contributed by atoms with E-state index in [0.29, 0.717) is 4.47 Å². The van der Waals surface area contributed by atoms with E-state index in [2.05, 4.69) is 26.2 Å². The Balaban J connectivity index is 2.30. The minimum absolute atomic E-state index is 0.0187. The first kappa shape index (κ1) is 14.5. The van der Waals surface area contributed by atoms with Crippen molar-refractivity contribution in [3.8, 4) is 0 Å².